The van der Waals surface area contributed by atoms with Crippen LogP contribution in [0.3, 0.4) is 0 Å². The van der Waals surface area contributed by atoms with Crippen molar-refractivity contribution in [1.82, 2.24) is 4.57 Å². The number of nitrogens with zero attached hydrogens (tertiary/aromatic N) is 1. The number of primary amides is 1. The maximum atomic E-state index is 13.0. The number of hydrogen-bond acceptors (Lipinski definition) is 3. The Labute approximate surface area is 159 Å². The lowest BCUT2D eigenvalue weighted by Gasteiger charge is -2.13. The fourth-order valence-electron chi connectivity index (χ4n) is 2.54. The number of benzene rings is 2. The Balaban J connectivity index is 2.22. The predicted molar refractivity (Wildman–Crippen MR) is 96.7 cm³/mol. The summed E-state index contributed by atoms with van der Waals surface area (Å²) < 4.78 is 52.7. The van der Waals surface area contributed by atoms with Crippen LogP contribution in [0, 0.1) is 0 Å². The first kappa shape index (κ1) is 19.6. The second kappa shape index (κ2) is 7.43. The molecule has 1 unspecified atom stereocenters. The van der Waals surface area contributed by atoms with Crippen LogP contribution in [0.5, 0.6) is 0 Å². The van der Waals surface area contributed by atoms with E-state index in [1.807, 2.05) is 0 Å². The zero-order valence-electron chi connectivity index (χ0n) is 14.1. The lowest BCUT2D eigenvalue weighted by atomic mass is 10.2. The Morgan fingerprint density at radius 2 is 1.64 bits per heavy atom. The molecule has 1 amide bonds. The molecule has 2 N–H and O–H groups in total. The van der Waals surface area contributed by atoms with Crippen LogP contribution in [0.4, 0.5) is 13.2 Å². The summed E-state index contributed by atoms with van der Waals surface area (Å²) in [4.78, 5) is 24.7. The minimum Gasteiger partial charge on any atom is -0.365 e. The minimum atomic E-state index is -4.61. The van der Waals surface area contributed by atoms with Crippen LogP contribution >= 0.6 is 0 Å². The first-order chi connectivity index (χ1) is 13.2. The van der Waals surface area contributed by atoms with Crippen LogP contribution in [0.25, 0.3) is 5.69 Å². The van der Waals surface area contributed by atoms with E-state index < -0.39 is 39.6 Å². The Kier molecular flexibility index (Phi) is 5.19. The molecular weight excluding hydrogens is 393 g/mol. The first-order valence-corrected chi connectivity index (χ1v) is 9.04. The number of aromatic nitrogens is 1. The fraction of sp³-hybridized carbons (Fsp3) is 0.0526. The monoisotopic (exact) mass is 406 g/mol. The highest BCUT2D eigenvalue weighted by molar-refractivity contribution is 7.85. The van der Waals surface area contributed by atoms with E-state index in [0.717, 1.165) is 35.0 Å². The summed E-state index contributed by atoms with van der Waals surface area (Å²) in [6.07, 6.45) is -3.47. The van der Waals surface area contributed by atoms with Gasteiger partial charge in [-0.15, -0.1) is 0 Å². The lowest BCUT2D eigenvalue weighted by Crippen LogP contribution is -2.29. The summed E-state index contributed by atoms with van der Waals surface area (Å²) >= 11 is 0. The van der Waals surface area contributed by atoms with Gasteiger partial charge in [0.2, 0.25) is 0 Å². The van der Waals surface area contributed by atoms with Crippen LogP contribution in [0.15, 0.2) is 81.4 Å². The van der Waals surface area contributed by atoms with Crippen molar-refractivity contribution in [1.29, 1.82) is 0 Å². The summed E-state index contributed by atoms with van der Waals surface area (Å²) in [6.45, 7) is 0. The third kappa shape index (κ3) is 3.89. The fourth-order valence-corrected chi connectivity index (χ4v) is 3.64. The van der Waals surface area contributed by atoms with Crippen molar-refractivity contribution in [2.24, 2.45) is 5.73 Å². The number of hydrogen-bond donors (Lipinski definition) is 1. The number of nitrogens with two attached hydrogens (primary N) is 1. The van der Waals surface area contributed by atoms with Crippen LogP contribution in [0.2, 0.25) is 0 Å². The molecule has 1 atom stereocenters. The van der Waals surface area contributed by atoms with E-state index >= 15 is 0 Å². The number of halogens is 3. The van der Waals surface area contributed by atoms with Crippen molar-refractivity contribution in [2.75, 3.05) is 0 Å². The van der Waals surface area contributed by atoms with Gasteiger partial charge >= 0.3 is 6.18 Å². The maximum Gasteiger partial charge on any atom is 0.416 e. The van der Waals surface area contributed by atoms with Gasteiger partial charge < -0.3 is 5.73 Å². The van der Waals surface area contributed by atoms with Crippen LogP contribution < -0.4 is 11.3 Å². The predicted octanol–water partition coefficient (Wildman–Crippen LogP) is 3.12. The van der Waals surface area contributed by atoms with E-state index in [4.69, 9.17) is 5.73 Å². The van der Waals surface area contributed by atoms with Gasteiger partial charge in [0, 0.05) is 16.8 Å². The van der Waals surface area contributed by atoms with Gasteiger partial charge in [0.1, 0.15) is 5.56 Å². The Morgan fingerprint density at radius 1 is 0.964 bits per heavy atom. The van der Waals surface area contributed by atoms with E-state index in [2.05, 4.69) is 0 Å². The number of carbonyl (C=O) groups is 1. The number of carbonyl (C=O) groups excluding carboxylic acids is 1. The highest BCUT2D eigenvalue weighted by Crippen LogP contribution is 2.30. The van der Waals surface area contributed by atoms with E-state index in [0.29, 0.717) is 4.90 Å². The SMILES string of the molecule is NC(=O)c1cc(S(=O)c2ccccc2)cn(-c2cccc(C(F)(F)F)c2)c1=O. The normalized spacial score (nSPS) is 12.5. The van der Waals surface area contributed by atoms with Gasteiger partial charge in [-0.1, -0.05) is 24.3 Å². The van der Waals surface area contributed by atoms with Gasteiger partial charge in [0.05, 0.1) is 21.3 Å². The van der Waals surface area contributed by atoms with Crippen molar-refractivity contribution < 1.29 is 22.2 Å². The van der Waals surface area contributed by atoms with Crippen molar-refractivity contribution >= 4 is 16.7 Å². The summed E-state index contributed by atoms with van der Waals surface area (Å²) in [7, 11) is -1.78. The number of amides is 1. The van der Waals surface area contributed by atoms with E-state index in [-0.39, 0.29) is 10.6 Å². The molecule has 1 aromatic heterocycles. The average molecular weight is 406 g/mol. The molecule has 1 heterocycles. The first-order valence-electron chi connectivity index (χ1n) is 7.89. The molecule has 0 aliphatic rings. The zero-order chi connectivity index (χ0) is 20.5. The number of alkyl halides is 3. The number of rotatable bonds is 4. The summed E-state index contributed by atoms with van der Waals surface area (Å²) in [6, 6.07) is 13.3. The molecule has 0 radical (unpaired) electrons. The standard InChI is InChI=1S/C19H13F3N2O3S/c20-19(21,22)12-5-4-6-13(9-12)24-11-15(10-16(17(23)25)18(24)26)28(27)14-7-2-1-3-8-14/h1-11H,(H2,23,25). The van der Waals surface area contributed by atoms with Gasteiger partial charge in [-0.2, -0.15) is 13.2 Å². The van der Waals surface area contributed by atoms with Crippen molar-refractivity contribution in [3.8, 4) is 5.69 Å². The summed E-state index contributed by atoms with van der Waals surface area (Å²) in [5, 5.41) is 0. The third-order valence-electron chi connectivity index (χ3n) is 3.88. The van der Waals surface area contributed by atoms with E-state index in [9.17, 15) is 27.0 Å². The molecule has 0 saturated heterocycles. The molecule has 28 heavy (non-hydrogen) atoms. The molecule has 3 rings (SSSR count). The second-order valence-electron chi connectivity index (χ2n) is 5.76. The molecule has 0 bridgehead atoms. The highest BCUT2D eigenvalue weighted by atomic mass is 32.2. The lowest BCUT2D eigenvalue weighted by molar-refractivity contribution is -0.137. The molecule has 0 aliphatic carbocycles. The van der Waals surface area contributed by atoms with Crippen LogP contribution in [-0.2, 0) is 17.0 Å². The molecular formula is C19H13F3N2O3S. The molecule has 5 nitrogen and oxygen atoms in total. The Morgan fingerprint density at radius 3 is 2.25 bits per heavy atom. The summed E-state index contributed by atoms with van der Waals surface area (Å²) in [5.41, 5.74) is 2.77. The van der Waals surface area contributed by atoms with Gasteiger partial charge in [0.25, 0.3) is 11.5 Å². The van der Waals surface area contributed by atoms with Gasteiger partial charge in [-0.3, -0.25) is 14.2 Å². The molecule has 0 spiro atoms. The van der Waals surface area contributed by atoms with Gasteiger partial charge in [0.15, 0.2) is 0 Å². The number of pyridine rings is 1. The molecule has 3 aromatic rings. The third-order valence-corrected chi connectivity index (χ3v) is 5.23. The zero-order valence-corrected chi connectivity index (χ0v) is 15.0. The molecule has 0 fully saturated rings. The molecule has 2 aromatic carbocycles. The minimum absolute atomic E-state index is 0.0528. The van der Waals surface area contributed by atoms with Gasteiger partial charge in [-0.05, 0) is 36.4 Å². The molecule has 144 valence electrons. The topological polar surface area (TPSA) is 82.2 Å². The smallest absolute Gasteiger partial charge is 0.365 e. The molecule has 9 heteroatoms. The Bertz CT molecular complexity index is 1130. The van der Waals surface area contributed by atoms with E-state index in [1.165, 1.54) is 6.07 Å². The quantitative estimate of drug-likeness (QED) is 0.723. The molecule has 0 aliphatic heterocycles. The van der Waals surface area contributed by atoms with Crippen molar-refractivity contribution in [3.63, 3.8) is 0 Å². The maximum absolute atomic E-state index is 13.0. The van der Waals surface area contributed by atoms with E-state index in [1.54, 1.807) is 30.3 Å². The van der Waals surface area contributed by atoms with Crippen LogP contribution in [-0.4, -0.2) is 14.7 Å². The average Bonchev–Trinajstić information content (AvgIpc) is 2.67. The van der Waals surface area contributed by atoms with Crippen molar-refractivity contribution in [3.05, 3.63) is 88.3 Å². The van der Waals surface area contributed by atoms with Gasteiger partial charge in [-0.25, -0.2) is 4.21 Å². The second-order valence-corrected chi connectivity index (χ2v) is 7.24. The van der Waals surface area contributed by atoms with Crippen LogP contribution in [0.1, 0.15) is 15.9 Å². The van der Waals surface area contributed by atoms with Crippen molar-refractivity contribution in [2.45, 2.75) is 16.0 Å². The summed E-state index contributed by atoms with van der Waals surface area (Å²) in [5.74, 6) is -1.07. The Hall–Kier alpha value is -3.20. The highest BCUT2D eigenvalue weighted by Gasteiger charge is 2.30. The molecule has 0 saturated carbocycles. The largest absolute Gasteiger partial charge is 0.416 e.